The van der Waals surface area contributed by atoms with Crippen molar-refractivity contribution in [2.24, 2.45) is 0 Å². The lowest BCUT2D eigenvalue weighted by Crippen LogP contribution is -2.37. The third-order valence-corrected chi connectivity index (χ3v) is 3.51. The number of ether oxygens (including phenoxy) is 1. The zero-order chi connectivity index (χ0) is 15.4. The lowest BCUT2D eigenvalue weighted by molar-refractivity contribution is -0.385. The molecule has 1 aliphatic heterocycles. The Morgan fingerprint density at radius 2 is 2.29 bits per heavy atom. The molecule has 1 amide bonds. The van der Waals surface area contributed by atoms with Crippen LogP contribution in [0.4, 0.5) is 5.69 Å². The van der Waals surface area contributed by atoms with Crippen LogP contribution in [0.1, 0.15) is 29.6 Å². The van der Waals surface area contributed by atoms with Gasteiger partial charge >= 0.3 is 0 Å². The van der Waals surface area contributed by atoms with E-state index in [0.29, 0.717) is 13.2 Å². The van der Waals surface area contributed by atoms with Crippen molar-refractivity contribution in [3.05, 3.63) is 33.9 Å². The van der Waals surface area contributed by atoms with Crippen LogP contribution in [0, 0.1) is 10.1 Å². The van der Waals surface area contributed by atoms with Crippen molar-refractivity contribution in [2.45, 2.75) is 25.4 Å². The van der Waals surface area contributed by atoms with Crippen LogP contribution >= 0.6 is 0 Å². The monoisotopic (exact) mass is 294 g/mol. The Balaban J connectivity index is 2.14. The fraction of sp³-hybridized carbons (Fsp3) is 0.500. The minimum absolute atomic E-state index is 0.0379. The van der Waals surface area contributed by atoms with Gasteiger partial charge in [-0.1, -0.05) is 0 Å². The van der Waals surface area contributed by atoms with E-state index in [9.17, 15) is 20.0 Å². The molecule has 7 nitrogen and oxygen atoms in total. The smallest absolute Gasteiger partial charge is 0.282 e. The highest BCUT2D eigenvalue weighted by molar-refractivity contribution is 5.98. The van der Waals surface area contributed by atoms with E-state index >= 15 is 0 Å². The molecule has 1 fully saturated rings. The van der Waals surface area contributed by atoms with Gasteiger partial charge in [0.1, 0.15) is 11.3 Å². The van der Waals surface area contributed by atoms with Crippen LogP contribution < -0.4 is 0 Å². The van der Waals surface area contributed by atoms with Gasteiger partial charge in [0.25, 0.3) is 11.6 Å². The van der Waals surface area contributed by atoms with Gasteiger partial charge in [-0.05, 0) is 31.4 Å². The van der Waals surface area contributed by atoms with E-state index in [-0.39, 0.29) is 23.1 Å². The van der Waals surface area contributed by atoms with Crippen LogP contribution in [0.2, 0.25) is 0 Å². The fourth-order valence-electron chi connectivity index (χ4n) is 2.40. The van der Waals surface area contributed by atoms with Crippen LogP contribution in [-0.2, 0) is 4.74 Å². The Bertz CT molecular complexity index is 540. The molecular weight excluding hydrogens is 276 g/mol. The predicted octanol–water partition coefficient (Wildman–Crippen LogP) is 1.94. The predicted molar refractivity (Wildman–Crippen MR) is 75.3 cm³/mol. The van der Waals surface area contributed by atoms with Gasteiger partial charge in [-0.2, -0.15) is 0 Å². The van der Waals surface area contributed by atoms with Crippen LogP contribution in [0.25, 0.3) is 0 Å². The maximum absolute atomic E-state index is 12.4. The third-order valence-electron chi connectivity index (χ3n) is 3.51. The molecule has 0 aromatic heterocycles. The molecule has 1 aromatic rings. The molecular formula is C14H18N2O5. The Morgan fingerprint density at radius 1 is 1.52 bits per heavy atom. The number of rotatable bonds is 4. The molecule has 0 bridgehead atoms. The first-order valence-corrected chi connectivity index (χ1v) is 6.83. The number of phenolic OH excluding ortho intramolecular Hbond substituents is 1. The Hall–Kier alpha value is -2.15. The Labute approximate surface area is 122 Å². The van der Waals surface area contributed by atoms with Crippen molar-refractivity contribution in [3.63, 3.8) is 0 Å². The standard InChI is InChI=1S/C14H18N2O5/c1-15(9-11-4-2-3-7-21-11)14(18)12-8-10(17)5-6-13(12)16(19)20/h5-6,8,11,17H,2-4,7,9H2,1H3. The first-order chi connectivity index (χ1) is 9.99. The minimum atomic E-state index is -0.627. The molecule has 1 aliphatic rings. The highest BCUT2D eigenvalue weighted by Crippen LogP contribution is 2.25. The Kier molecular flexibility index (Phi) is 4.74. The quantitative estimate of drug-likeness (QED) is 0.676. The van der Waals surface area contributed by atoms with E-state index in [0.717, 1.165) is 31.4 Å². The molecule has 0 aliphatic carbocycles. The molecule has 0 spiro atoms. The molecule has 7 heteroatoms. The zero-order valence-electron chi connectivity index (χ0n) is 11.8. The maximum atomic E-state index is 12.4. The normalized spacial score (nSPS) is 18.2. The number of hydrogen-bond donors (Lipinski definition) is 1. The van der Waals surface area contributed by atoms with Gasteiger partial charge in [0, 0.05) is 26.3 Å². The minimum Gasteiger partial charge on any atom is -0.508 e. The van der Waals surface area contributed by atoms with E-state index in [1.165, 1.54) is 11.0 Å². The summed E-state index contributed by atoms with van der Waals surface area (Å²) in [6.45, 7) is 1.06. The van der Waals surface area contributed by atoms with Crippen LogP contribution in [-0.4, -0.2) is 47.1 Å². The number of aromatic hydroxyl groups is 1. The lowest BCUT2D eigenvalue weighted by Gasteiger charge is -2.27. The molecule has 114 valence electrons. The zero-order valence-corrected chi connectivity index (χ0v) is 11.8. The second-order valence-corrected chi connectivity index (χ2v) is 5.13. The average Bonchev–Trinajstić information content (AvgIpc) is 2.47. The molecule has 1 atom stereocenters. The molecule has 0 radical (unpaired) electrons. The molecule has 2 rings (SSSR count). The van der Waals surface area contributed by atoms with E-state index in [1.54, 1.807) is 7.05 Å². The van der Waals surface area contributed by atoms with E-state index in [2.05, 4.69) is 0 Å². The molecule has 1 heterocycles. The summed E-state index contributed by atoms with van der Waals surface area (Å²) >= 11 is 0. The van der Waals surface area contributed by atoms with Gasteiger partial charge in [-0.25, -0.2) is 0 Å². The van der Waals surface area contributed by atoms with E-state index in [4.69, 9.17) is 4.74 Å². The number of hydrogen-bond acceptors (Lipinski definition) is 5. The second kappa shape index (κ2) is 6.53. The highest BCUT2D eigenvalue weighted by atomic mass is 16.6. The van der Waals surface area contributed by atoms with Crippen molar-refractivity contribution in [1.29, 1.82) is 0 Å². The SMILES string of the molecule is CN(CC1CCCCO1)C(=O)c1cc(O)ccc1[N+](=O)[O-]. The van der Waals surface area contributed by atoms with Gasteiger partial charge in [0.05, 0.1) is 11.0 Å². The fourth-order valence-corrected chi connectivity index (χ4v) is 2.40. The van der Waals surface area contributed by atoms with Crippen molar-refractivity contribution in [1.82, 2.24) is 4.90 Å². The summed E-state index contributed by atoms with van der Waals surface area (Å²) in [4.78, 5) is 24.1. The number of carbonyl (C=O) groups excluding carboxylic acids is 1. The van der Waals surface area contributed by atoms with Crippen LogP contribution in [0.3, 0.4) is 0 Å². The van der Waals surface area contributed by atoms with Gasteiger partial charge in [0.2, 0.25) is 0 Å². The highest BCUT2D eigenvalue weighted by Gasteiger charge is 2.25. The molecule has 1 N–H and O–H groups in total. The first-order valence-electron chi connectivity index (χ1n) is 6.83. The second-order valence-electron chi connectivity index (χ2n) is 5.13. The van der Waals surface area contributed by atoms with E-state index < -0.39 is 10.8 Å². The molecule has 0 saturated carbocycles. The number of likely N-dealkylation sites (N-methyl/N-ethyl adjacent to an activating group) is 1. The molecule has 1 unspecified atom stereocenters. The van der Waals surface area contributed by atoms with Gasteiger partial charge < -0.3 is 14.7 Å². The summed E-state index contributed by atoms with van der Waals surface area (Å²) in [5, 5.41) is 20.4. The van der Waals surface area contributed by atoms with E-state index in [1.807, 2.05) is 0 Å². The third kappa shape index (κ3) is 3.69. The topological polar surface area (TPSA) is 92.9 Å². The van der Waals surface area contributed by atoms with Crippen molar-refractivity contribution >= 4 is 11.6 Å². The number of nitrogens with zero attached hydrogens (tertiary/aromatic N) is 2. The summed E-state index contributed by atoms with van der Waals surface area (Å²) in [5.74, 6) is -0.668. The number of carbonyl (C=O) groups is 1. The Morgan fingerprint density at radius 3 is 2.90 bits per heavy atom. The van der Waals surface area contributed by atoms with Gasteiger partial charge in [0.15, 0.2) is 0 Å². The summed E-state index contributed by atoms with van der Waals surface area (Å²) in [7, 11) is 1.58. The maximum Gasteiger partial charge on any atom is 0.282 e. The van der Waals surface area contributed by atoms with Gasteiger partial charge in [-0.3, -0.25) is 14.9 Å². The summed E-state index contributed by atoms with van der Waals surface area (Å²) in [6.07, 6.45) is 2.91. The molecule has 21 heavy (non-hydrogen) atoms. The number of phenols is 1. The summed E-state index contributed by atoms with van der Waals surface area (Å²) in [6, 6.07) is 3.45. The summed E-state index contributed by atoms with van der Waals surface area (Å²) < 4.78 is 5.56. The van der Waals surface area contributed by atoms with Gasteiger partial charge in [-0.15, -0.1) is 0 Å². The van der Waals surface area contributed by atoms with Crippen molar-refractivity contribution in [2.75, 3.05) is 20.2 Å². The number of amides is 1. The summed E-state index contributed by atoms with van der Waals surface area (Å²) in [5.41, 5.74) is -0.424. The molecule has 1 aromatic carbocycles. The number of benzene rings is 1. The molecule has 1 saturated heterocycles. The average molecular weight is 294 g/mol. The van der Waals surface area contributed by atoms with Crippen molar-refractivity contribution < 1.29 is 19.6 Å². The largest absolute Gasteiger partial charge is 0.508 e. The van der Waals surface area contributed by atoms with Crippen LogP contribution in [0.5, 0.6) is 5.75 Å². The van der Waals surface area contributed by atoms with Crippen molar-refractivity contribution in [3.8, 4) is 5.75 Å². The van der Waals surface area contributed by atoms with Crippen LogP contribution in [0.15, 0.2) is 18.2 Å². The number of nitro benzene ring substituents is 1. The lowest BCUT2D eigenvalue weighted by atomic mass is 10.1. The first kappa shape index (κ1) is 15.2. The number of nitro groups is 1.